The van der Waals surface area contributed by atoms with Crippen molar-refractivity contribution in [3.05, 3.63) is 82.2 Å². The maximum atomic E-state index is 13.8. The highest BCUT2D eigenvalue weighted by Crippen LogP contribution is 2.25. The van der Waals surface area contributed by atoms with E-state index in [4.69, 9.17) is 13.6 Å². The molecule has 0 saturated heterocycles. The van der Waals surface area contributed by atoms with Crippen LogP contribution < -0.4 is 10.4 Å². The number of esters is 1. The number of hydrogen-bond donors (Lipinski definition) is 0. The maximum Gasteiger partial charge on any atom is 0.336 e. The minimum absolute atomic E-state index is 0.0400. The fourth-order valence-electron chi connectivity index (χ4n) is 3.00. The van der Waals surface area contributed by atoms with Gasteiger partial charge in [-0.15, -0.1) is 0 Å². The van der Waals surface area contributed by atoms with Gasteiger partial charge in [0.25, 0.3) is 0 Å². The molecular weight excluding hydrogens is 396 g/mol. The van der Waals surface area contributed by atoms with Gasteiger partial charge in [0.15, 0.2) is 11.7 Å². The number of benzene rings is 2. The van der Waals surface area contributed by atoms with Gasteiger partial charge in [-0.25, -0.2) is 18.6 Å². The highest BCUT2D eigenvalue weighted by Gasteiger charge is 2.14. The second kappa shape index (κ2) is 7.90. The smallest absolute Gasteiger partial charge is 0.336 e. The van der Waals surface area contributed by atoms with Crippen LogP contribution in [0.25, 0.3) is 22.3 Å². The highest BCUT2D eigenvalue weighted by atomic mass is 19.1. The molecule has 0 aliphatic carbocycles. The van der Waals surface area contributed by atoms with Crippen LogP contribution in [0, 0.1) is 18.6 Å². The van der Waals surface area contributed by atoms with E-state index in [9.17, 15) is 18.4 Å². The van der Waals surface area contributed by atoms with Crippen LogP contribution in [0.15, 0.2) is 62.3 Å². The number of aryl methyl sites for hydroxylation is 2. The molecule has 0 aliphatic rings. The Kier molecular flexibility index (Phi) is 5.14. The summed E-state index contributed by atoms with van der Waals surface area (Å²) >= 11 is 0. The molecule has 0 aliphatic heterocycles. The lowest BCUT2D eigenvalue weighted by Crippen LogP contribution is -2.09. The molecule has 8 heteroatoms. The van der Waals surface area contributed by atoms with Crippen LogP contribution in [0.4, 0.5) is 8.78 Å². The summed E-state index contributed by atoms with van der Waals surface area (Å²) in [6, 6.07) is 9.29. The molecule has 152 valence electrons. The van der Waals surface area contributed by atoms with Gasteiger partial charge in [0, 0.05) is 30.0 Å². The number of fused-ring (bicyclic) bond motifs is 1. The fraction of sp³-hybridized carbons (Fsp3) is 0.136. The summed E-state index contributed by atoms with van der Waals surface area (Å²) in [5.41, 5.74) is 0.673. The van der Waals surface area contributed by atoms with Crippen molar-refractivity contribution in [2.24, 2.45) is 0 Å². The molecule has 2 heterocycles. The summed E-state index contributed by atoms with van der Waals surface area (Å²) in [6.07, 6.45) is 1.40. The molecule has 6 nitrogen and oxygen atoms in total. The van der Waals surface area contributed by atoms with E-state index in [0.717, 1.165) is 23.1 Å². The fourth-order valence-corrected chi connectivity index (χ4v) is 3.00. The van der Waals surface area contributed by atoms with Crippen LogP contribution in [-0.2, 0) is 11.2 Å². The molecule has 0 atom stereocenters. The molecule has 0 unspecified atom stereocenters. The normalized spacial score (nSPS) is 11.0. The van der Waals surface area contributed by atoms with Crippen LogP contribution in [0.5, 0.6) is 5.75 Å². The molecule has 0 saturated carbocycles. The monoisotopic (exact) mass is 411 g/mol. The van der Waals surface area contributed by atoms with Gasteiger partial charge in [-0.05, 0) is 36.8 Å². The van der Waals surface area contributed by atoms with E-state index in [2.05, 4.69) is 4.98 Å². The summed E-state index contributed by atoms with van der Waals surface area (Å²) in [4.78, 5) is 27.7. The first-order valence-electron chi connectivity index (χ1n) is 9.04. The molecule has 0 N–H and O–H groups in total. The van der Waals surface area contributed by atoms with E-state index in [1.807, 2.05) is 0 Å². The summed E-state index contributed by atoms with van der Waals surface area (Å²) in [5, 5.41) is 0.745. The number of carbonyl (C=O) groups excluding carboxylic acids is 1. The van der Waals surface area contributed by atoms with Gasteiger partial charge >= 0.3 is 11.6 Å². The van der Waals surface area contributed by atoms with Gasteiger partial charge in [-0.2, -0.15) is 0 Å². The average molecular weight is 411 g/mol. The first kappa shape index (κ1) is 19.5. The van der Waals surface area contributed by atoms with Gasteiger partial charge in [-0.3, -0.25) is 4.79 Å². The van der Waals surface area contributed by atoms with Gasteiger partial charge in [0.05, 0.1) is 18.2 Å². The molecule has 30 heavy (non-hydrogen) atoms. The zero-order valence-electron chi connectivity index (χ0n) is 15.8. The lowest BCUT2D eigenvalue weighted by molar-refractivity contribution is -0.134. The van der Waals surface area contributed by atoms with Crippen LogP contribution in [0.1, 0.15) is 17.9 Å². The lowest BCUT2D eigenvalue weighted by atomic mass is 10.1. The third-order valence-electron chi connectivity index (χ3n) is 4.45. The van der Waals surface area contributed by atoms with Gasteiger partial charge in [-0.1, -0.05) is 0 Å². The molecule has 0 bridgehead atoms. The minimum atomic E-state index is -0.768. The Balaban J connectivity index is 1.41. The number of rotatable bonds is 5. The Morgan fingerprint density at radius 2 is 1.93 bits per heavy atom. The van der Waals surface area contributed by atoms with Crippen molar-refractivity contribution in [3.63, 3.8) is 0 Å². The number of aromatic nitrogens is 1. The second-order valence-electron chi connectivity index (χ2n) is 6.62. The van der Waals surface area contributed by atoms with E-state index >= 15 is 0 Å². The zero-order chi connectivity index (χ0) is 21.3. The van der Waals surface area contributed by atoms with Gasteiger partial charge in [0.2, 0.25) is 0 Å². The second-order valence-corrected chi connectivity index (χ2v) is 6.62. The van der Waals surface area contributed by atoms with E-state index in [1.54, 1.807) is 19.1 Å². The summed E-state index contributed by atoms with van der Waals surface area (Å²) < 4.78 is 42.7. The molecule has 0 amide bonds. The largest absolute Gasteiger partial charge is 0.441 e. The van der Waals surface area contributed by atoms with Crippen molar-refractivity contribution in [2.75, 3.05) is 0 Å². The van der Waals surface area contributed by atoms with Crippen molar-refractivity contribution < 1.29 is 27.1 Å². The average Bonchev–Trinajstić information content (AvgIpc) is 3.14. The molecule has 2 aromatic heterocycles. The molecular formula is C22H15F2NO5. The number of hydrogen-bond acceptors (Lipinski definition) is 6. The summed E-state index contributed by atoms with van der Waals surface area (Å²) in [5.74, 6) is -1.42. The van der Waals surface area contributed by atoms with Crippen LogP contribution >= 0.6 is 0 Å². The van der Waals surface area contributed by atoms with Gasteiger partial charge < -0.3 is 13.6 Å². The molecule has 0 spiro atoms. The van der Waals surface area contributed by atoms with E-state index < -0.39 is 23.2 Å². The molecule has 0 fully saturated rings. The number of halogens is 2. The standard InChI is InChI=1S/C22H15F2NO5/c1-12-8-22(27)30-18-10-14(3-5-15(12)18)28-21(26)7-6-20-25-11-19(29-20)16-4-2-13(23)9-17(16)24/h2-5,8-11H,6-7H2,1H3. The van der Waals surface area contributed by atoms with E-state index in [-0.39, 0.29) is 35.8 Å². The van der Waals surface area contributed by atoms with Crippen molar-refractivity contribution in [3.8, 4) is 17.1 Å². The van der Waals surface area contributed by atoms with Crippen molar-refractivity contribution >= 4 is 16.9 Å². The molecule has 2 aromatic carbocycles. The quantitative estimate of drug-likeness (QED) is 0.272. The van der Waals surface area contributed by atoms with E-state index in [0.29, 0.717) is 5.58 Å². The Hall–Kier alpha value is -3.81. The number of carbonyl (C=O) groups is 1. The zero-order valence-corrected chi connectivity index (χ0v) is 15.8. The Bertz CT molecular complexity index is 1310. The SMILES string of the molecule is Cc1cc(=O)oc2cc(OC(=O)CCc3ncc(-c4ccc(F)cc4F)o3)ccc12. The number of ether oxygens (including phenoxy) is 1. The lowest BCUT2D eigenvalue weighted by Gasteiger charge is -2.05. The number of nitrogens with zero attached hydrogens (tertiary/aromatic N) is 1. The van der Waals surface area contributed by atoms with Crippen LogP contribution in [-0.4, -0.2) is 11.0 Å². The highest BCUT2D eigenvalue weighted by molar-refractivity contribution is 5.82. The van der Waals surface area contributed by atoms with E-state index in [1.165, 1.54) is 24.4 Å². The first-order valence-corrected chi connectivity index (χ1v) is 9.04. The van der Waals surface area contributed by atoms with Crippen molar-refractivity contribution in [1.29, 1.82) is 0 Å². The van der Waals surface area contributed by atoms with Gasteiger partial charge in [0.1, 0.15) is 23.0 Å². The Labute approximate surface area is 168 Å². The summed E-state index contributed by atoms with van der Waals surface area (Å²) in [6.45, 7) is 1.79. The van der Waals surface area contributed by atoms with Crippen molar-refractivity contribution in [2.45, 2.75) is 19.8 Å². The Morgan fingerprint density at radius 3 is 2.73 bits per heavy atom. The first-order chi connectivity index (χ1) is 14.4. The predicted octanol–water partition coefficient (Wildman–Crippen LogP) is 4.57. The van der Waals surface area contributed by atoms with Crippen LogP contribution in [0.3, 0.4) is 0 Å². The topological polar surface area (TPSA) is 82.5 Å². The third-order valence-corrected chi connectivity index (χ3v) is 4.45. The van der Waals surface area contributed by atoms with Crippen molar-refractivity contribution in [1.82, 2.24) is 4.98 Å². The summed E-state index contributed by atoms with van der Waals surface area (Å²) in [7, 11) is 0. The minimum Gasteiger partial charge on any atom is -0.441 e. The number of oxazole rings is 1. The molecule has 4 rings (SSSR count). The predicted molar refractivity (Wildman–Crippen MR) is 103 cm³/mol. The maximum absolute atomic E-state index is 13.8. The molecule has 0 radical (unpaired) electrons. The third kappa shape index (κ3) is 4.12. The molecule has 4 aromatic rings. The Morgan fingerprint density at radius 1 is 1.10 bits per heavy atom. The van der Waals surface area contributed by atoms with Crippen LogP contribution in [0.2, 0.25) is 0 Å².